The Hall–Kier alpha value is -1.91. The molecule has 2 rings (SSSR count). The van der Waals surface area contributed by atoms with Crippen LogP contribution in [0, 0.1) is 6.92 Å². The molecule has 0 fully saturated rings. The van der Waals surface area contributed by atoms with Crippen molar-refractivity contribution in [3.8, 4) is 0 Å². The molecule has 5 nitrogen and oxygen atoms in total. The first-order chi connectivity index (χ1) is 8.79. The molecule has 0 saturated heterocycles. The SMILES string of the molecule is CCCCNc1nccn1Cc1ccnc(C)n1. The number of nitrogens with one attached hydrogen (secondary N) is 1. The molecule has 18 heavy (non-hydrogen) atoms. The summed E-state index contributed by atoms with van der Waals surface area (Å²) in [6.45, 7) is 5.75. The van der Waals surface area contributed by atoms with Crippen LogP contribution in [0.2, 0.25) is 0 Å². The molecule has 2 heterocycles. The van der Waals surface area contributed by atoms with Gasteiger partial charge in [-0.25, -0.2) is 15.0 Å². The molecule has 0 saturated carbocycles. The largest absolute Gasteiger partial charge is 0.356 e. The summed E-state index contributed by atoms with van der Waals surface area (Å²) in [5.74, 6) is 1.70. The van der Waals surface area contributed by atoms with Gasteiger partial charge in [-0.3, -0.25) is 0 Å². The Labute approximate surface area is 107 Å². The van der Waals surface area contributed by atoms with E-state index in [-0.39, 0.29) is 0 Å². The van der Waals surface area contributed by atoms with Gasteiger partial charge in [-0.2, -0.15) is 0 Å². The van der Waals surface area contributed by atoms with E-state index in [1.807, 2.05) is 25.4 Å². The second kappa shape index (κ2) is 6.14. The number of aromatic nitrogens is 4. The summed E-state index contributed by atoms with van der Waals surface area (Å²) >= 11 is 0. The second-order valence-corrected chi connectivity index (χ2v) is 4.25. The maximum absolute atomic E-state index is 4.40. The highest BCUT2D eigenvalue weighted by molar-refractivity contribution is 5.26. The Balaban J connectivity index is 2.03. The van der Waals surface area contributed by atoms with E-state index in [0.717, 1.165) is 37.0 Å². The topological polar surface area (TPSA) is 55.6 Å². The molecular weight excluding hydrogens is 226 g/mol. The van der Waals surface area contributed by atoms with Crippen LogP contribution < -0.4 is 5.32 Å². The van der Waals surface area contributed by atoms with Gasteiger partial charge in [-0.1, -0.05) is 13.3 Å². The quantitative estimate of drug-likeness (QED) is 0.793. The highest BCUT2D eigenvalue weighted by atomic mass is 15.2. The van der Waals surface area contributed by atoms with Gasteiger partial charge in [0.25, 0.3) is 0 Å². The van der Waals surface area contributed by atoms with Gasteiger partial charge in [0.2, 0.25) is 5.95 Å². The minimum atomic E-state index is 0.720. The molecule has 0 aromatic carbocycles. The van der Waals surface area contributed by atoms with Crippen LogP contribution in [0.15, 0.2) is 24.7 Å². The average molecular weight is 245 g/mol. The van der Waals surface area contributed by atoms with Crippen molar-refractivity contribution in [1.82, 2.24) is 19.5 Å². The minimum Gasteiger partial charge on any atom is -0.356 e. The lowest BCUT2D eigenvalue weighted by atomic mass is 10.3. The van der Waals surface area contributed by atoms with E-state index >= 15 is 0 Å². The highest BCUT2D eigenvalue weighted by Crippen LogP contribution is 2.08. The Morgan fingerprint density at radius 2 is 2.17 bits per heavy atom. The van der Waals surface area contributed by atoms with Gasteiger partial charge in [-0.05, 0) is 19.4 Å². The third-order valence-corrected chi connectivity index (χ3v) is 2.69. The number of aryl methyl sites for hydroxylation is 1. The van der Waals surface area contributed by atoms with Crippen molar-refractivity contribution in [1.29, 1.82) is 0 Å². The standard InChI is InChI=1S/C13H19N5/c1-3-4-6-15-13-16-8-9-18(13)10-12-5-7-14-11(2)17-12/h5,7-9H,3-4,6,10H2,1-2H3,(H,15,16). The summed E-state index contributed by atoms with van der Waals surface area (Å²) < 4.78 is 2.07. The monoisotopic (exact) mass is 245 g/mol. The molecule has 0 radical (unpaired) electrons. The molecule has 0 amide bonds. The Morgan fingerprint density at radius 3 is 2.94 bits per heavy atom. The summed E-state index contributed by atoms with van der Waals surface area (Å²) in [5.41, 5.74) is 0.999. The van der Waals surface area contributed by atoms with Crippen LogP contribution in [0.25, 0.3) is 0 Å². The molecule has 0 bridgehead atoms. The lowest BCUT2D eigenvalue weighted by Crippen LogP contribution is -2.10. The molecule has 5 heteroatoms. The Morgan fingerprint density at radius 1 is 1.28 bits per heavy atom. The number of rotatable bonds is 6. The van der Waals surface area contributed by atoms with Crippen LogP contribution in [0.3, 0.4) is 0 Å². The van der Waals surface area contributed by atoms with E-state index in [1.165, 1.54) is 6.42 Å². The lowest BCUT2D eigenvalue weighted by Gasteiger charge is -2.09. The van der Waals surface area contributed by atoms with Crippen molar-refractivity contribution >= 4 is 5.95 Å². The number of anilines is 1. The van der Waals surface area contributed by atoms with E-state index in [2.05, 4.69) is 31.8 Å². The normalized spacial score (nSPS) is 10.6. The zero-order chi connectivity index (χ0) is 12.8. The van der Waals surface area contributed by atoms with Gasteiger partial charge in [0.05, 0.1) is 12.2 Å². The van der Waals surface area contributed by atoms with Crippen LogP contribution in [0.5, 0.6) is 0 Å². The summed E-state index contributed by atoms with van der Waals surface area (Å²) in [5, 5.41) is 3.34. The van der Waals surface area contributed by atoms with Gasteiger partial charge in [0, 0.05) is 25.1 Å². The van der Waals surface area contributed by atoms with Gasteiger partial charge in [0.1, 0.15) is 5.82 Å². The van der Waals surface area contributed by atoms with Gasteiger partial charge in [0.15, 0.2) is 0 Å². The van der Waals surface area contributed by atoms with Crippen molar-refractivity contribution in [3.05, 3.63) is 36.2 Å². The average Bonchev–Trinajstić information content (AvgIpc) is 2.77. The first kappa shape index (κ1) is 12.5. The van der Waals surface area contributed by atoms with Gasteiger partial charge < -0.3 is 9.88 Å². The van der Waals surface area contributed by atoms with Crippen molar-refractivity contribution in [2.45, 2.75) is 33.2 Å². The molecule has 2 aromatic heterocycles. The fraction of sp³-hybridized carbons (Fsp3) is 0.462. The van der Waals surface area contributed by atoms with E-state index in [0.29, 0.717) is 0 Å². The number of hydrogen-bond donors (Lipinski definition) is 1. The third kappa shape index (κ3) is 3.29. The third-order valence-electron chi connectivity index (χ3n) is 2.69. The predicted octanol–water partition coefficient (Wildman–Crippen LogP) is 2.24. The zero-order valence-electron chi connectivity index (χ0n) is 10.9. The molecule has 2 aromatic rings. The van der Waals surface area contributed by atoms with Crippen LogP contribution in [0.1, 0.15) is 31.3 Å². The summed E-state index contributed by atoms with van der Waals surface area (Å²) in [6, 6.07) is 1.93. The van der Waals surface area contributed by atoms with Crippen molar-refractivity contribution in [2.24, 2.45) is 0 Å². The molecule has 0 aliphatic rings. The minimum absolute atomic E-state index is 0.720. The van der Waals surface area contributed by atoms with Crippen LogP contribution in [-0.4, -0.2) is 26.1 Å². The van der Waals surface area contributed by atoms with E-state index in [9.17, 15) is 0 Å². The smallest absolute Gasteiger partial charge is 0.203 e. The predicted molar refractivity (Wildman–Crippen MR) is 71.5 cm³/mol. The molecule has 0 atom stereocenters. The molecule has 0 aliphatic heterocycles. The van der Waals surface area contributed by atoms with Crippen molar-refractivity contribution in [2.75, 3.05) is 11.9 Å². The van der Waals surface area contributed by atoms with E-state index in [1.54, 1.807) is 6.20 Å². The van der Waals surface area contributed by atoms with E-state index < -0.39 is 0 Å². The molecule has 0 aliphatic carbocycles. The zero-order valence-corrected chi connectivity index (χ0v) is 10.9. The van der Waals surface area contributed by atoms with E-state index in [4.69, 9.17) is 0 Å². The highest BCUT2D eigenvalue weighted by Gasteiger charge is 2.03. The van der Waals surface area contributed by atoms with Crippen molar-refractivity contribution in [3.63, 3.8) is 0 Å². The molecule has 0 spiro atoms. The second-order valence-electron chi connectivity index (χ2n) is 4.25. The molecule has 96 valence electrons. The fourth-order valence-electron chi connectivity index (χ4n) is 1.75. The molecule has 1 N–H and O–H groups in total. The summed E-state index contributed by atoms with van der Waals surface area (Å²) in [6.07, 6.45) is 7.89. The number of unbranched alkanes of at least 4 members (excludes halogenated alkanes) is 1. The first-order valence-electron chi connectivity index (χ1n) is 6.33. The molecular formula is C13H19N5. The van der Waals surface area contributed by atoms with Gasteiger partial charge in [-0.15, -0.1) is 0 Å². The lowest BCUT2D eigenvalue weighted by molar-refractivity contribution is 0.752. The van der Waals surface area contributed by atoms with Crippen molar-refractivity contribution < 1.29 is 0 Å². The maximum Gasteiger partial charge on any atom is 0.203 e. The van der Waals surface area contributed by atoms with Gasteiger partial charge >= 0.3 is 0 Å². The maximum atomic E-state index is 4.40. The summed E-state index contributed by atoms with van der Waals surface area (Å²) in [7, 11) is 0. The van der Waals surface area contributed by atoms with Crippen LogP contribution in [-0.2, 0) is 6.54 Å². The number of nitrogens with zero attached hydrogens (tertiary/aromatic N) is 4. The first-order valence-corrected chi connectivity index (χ1v) is 6.33. The number of hydrogen-bond acceptors (Lipinski definition) is 4. The Kier molecular flexibility index (Phi) is 4.28. The van der Waals surface area contributed by atoms with Crippen LogP contribution in [0.4, 0.5) is 5.95 Å². The summed E-state index contributed by atoms with van der Waals surface area (Å²) in [4.78, 5) is 12.8. The fourth-order valence-corrected chi connectivity index (χ4v) is 1.75. The Bertz CT molecular complexity index is 492. The van der Waals surface area contributed by atoms with Crippen LogP contribution >= 0.6 is 0 Å². The molecule has 0 unspecified atom stereocenters. The number of imidazole rings is 1.